The molecule has 142 valence electrons. The predicted octanol–water partition coefficient (Wildman–Crippen LogP) is 4.09. The molecule has 1 aliphatic rings. The number of likely N-dealkylation sites (tertiary alicyclic amines) is 1. The van der Waals surface area contributed by atoms with E-state index in [1.165, 1.54) is 11.1 Å². The first-order chi connectivity index (χ1) is 12.6. The molecule has 3 aromatic rings. The standard InChI is InChI=1S/C21H23ClN4.ClH/c1-25-11-16(21(24-25)17-9-5-6-10-19(17)22)12-26-13-18(20(23)14-26)15-7-3-2-4-8-15;/h2-11,18,20H,12-14,23H2,1H3;1H/t18-,20+;/m0./s1. The van der Waals surface area contributed by atoms with Crippen LogP contribution in [0.25, 0.3) is 11.3 Å². The molecule has 27 heavy (non-hydrogen) atoms. The maximum atomic E-state index is 6.45. The lowest BCUT2D eigenvalue weighted by Crippen LogP contribution is -2.28. The Morgan fingerprint density at radius 1 is 1.07 bits per heavy atom. The molecule has 1 aromatic heterocycles. The van der Waals surface area contributed by atoms with Crippen molar-refractivity contribution < 1.29 is 0 Å². The number of aromatic nitrogens is 2. The minimum absolute atomic E-state index is 0. The quantitative estimate of drug-likeness (QED) is 0.714. The van der Waals surface area contributed by atoms with E-state index in [0.717, 1.165) is 35.9 Å². The maximum absolute atomic E-state index is 6.45. The van der Waals surface area contributed by atoms with E-state index in [4.69, 9.17) is 17.3 Å². The molecule has 1 fully saturated rings. The summed E-state index contributed by atoms with van der Waals surface area (Å²) in [5.41, 5.74) is 10.9. The first kappa shape index (κ1) is 19.9. The number of aryl methyl sites for hydroxylation is 1. The molecule has 4 rings (SSSR count). The maximum Gasteiger partial charge on any atom is 0.0983 e. The SMILES string of the molecule is Cl.Cn1cc(CN2C[C@@H](N)[C@H](c3ccccc3)C2)c(-c2ccccc2Cl)n1. The van der Waals surface area contributed by atoms with E-state index in [1.807, 2.05) is 42.1 Å². The first-order valence-electron chi connectivity index (χ1n) is 8.92. The van der Waals surface area contributed by atoms with Gasteiger partial charge in [-0.05, 0) is 11.6 Å². The zero-order chi connectivity index (χ0) is 18.1. The largest absolute Gasteiger partial charge is 0.326 e. The monoisotopic (exact) mass is 402 g/mol. The number of hydrogen-bond acceptors (Lipinski definition) is 3. The minimum atomic E-state index is 0. The summed E-state index contributed by atoms with van der Waals surface area (Å²) in [6.07, 6.45) is 2.08. The molecule has 1 saturated heterocycles. The molecule has 2 N–H and O–H groups in total. The Balaban J connectivity index is 0.00000210. The van der Waals surface area contributed by atoms with E-state index in [0.29, 0.717) is 5.92 Å². The van der Waals surface area contributed by atoms with Gasteiger partial charge in [0.15, 0.2) is 0 Å². The Kier molecular flexibility index (Phi) is 6.22. The van der Waals surface area contributed by atoms with Crippen LogP contribution in [0, 0.1) is 0 Å². The summed E-state index contributed by atoms with van der Waals surface area (Å²) >= 11 is 6.40. The van der Waals surface area contributed by atoms with E-state index < -0.39 is 0 Å². The van der Waals surface area contributed by atoms with Gasteiger partial charge in [-0.2, -0.15) is 5.10 Å². The topological polar surface area (TPSA) is 47.1 Å². The van der Waals surface area contributed by atoms with Crippen LogP contribution >= 0.6 is 24.0 Å². The van der Waals surface area contributed by atoms with Gasteiger partial charge in [0.1, 0.15) is 0 Å². The van der Waals surface area contributed by atoms with Gasteiger partial charge >= 0.3 is 0 Å². The van der Waals surface area contributed by atoms with Crippen molar-refractivity contribution in [3.63, 3.8) is 0 Å². The predicted molar refractivity (Wildman–Crippen MR) is 113 cm³/mol. The summed E-state index contributed by atoms with van der Waals surface area (Å²) in [7, 11) is 1.95. The number of rotatable bonds is 4. The van der Waals surface area contributed by atoms with Crippen molar-refractivity contribution in [2.45, 2.75) is 18.5 Å². The van der Waals surface area contributed by atoms with E-state index in [-0.39, 0.29) is 18.4 Å². The lowest BCUT2D eigenvalue weighted by atomic mass is 9.95. The molecule has 6 heteroatoms. The lowest BCUT2D eigenvalue weighted by Gasteiger charge is -2.16. The molecular weight excluding hydrogens is 379 g/mol. The highest BCUT2D eigenvalue weighted by molar-refractivity contribution is 6.33. The Hall–Kier alpha value is -1.85. The van der Waals surface area contributed by atoms with Gasteiger partial charge < -0.3 is 5.73 Å². The third kappa shape index (κ3) is 4.19. The number of nitrogens with zero attached hydrogens (tertiary/aromatic N) is 3. The second-order valence-corrected chi connectivity index (χ2v) is 7.44. The molecule has 0 spiro atoms. The molecule has 2 atom stereocenters. The first-order valence-corrected chi connectivity index (χ1v) is 9.30. The van der Waals surface area contributed by atoms with Crippen LogP contribution in [0.15, 0.2) is 60.8 Å². The minimum Gasteiger partial charge on any atom is -0.326 e. The number of benzene rings is 2. The Bertz CT molecular complexity index is 894. The van der Waals surface area contributed by atoms with Gasteiger partial charge in [0.25, 0.3) is 0 Å². The van der Waals surface area contributed by atoms with Gasteiger partial charge in [0.05, 0.1) is 10.7 Å². The second-order valence-electron chi connectivity index (χ2n) is 7.03. The number of nitrogens with two attached hydrogens (primary N) is 1. The van der Waals surface area contributed by atoms with Crippen LogP contribution in [0.5, 0.6) is 0 Å². The van der Waals surface area contributed by atoms with Gasteiger partial charge in [-0.1, -0.05) is 60.1 Å². The Morgan fingerprint density at radius 2 is 1.78 bits per heavy atom. The Morgan fingerprint density at radius 3 is 2.52 bits per heavy atom. The number of halogens is 2. The number of hydrogen-bond donors (Lipinski definition) is 1. The van der Waals surface area contributed by atoms with Crippen molar-refractivity contribution in [2.24, 2.45) is 12.8 Å². The molecule has 1 aliphatic heterocycles. The Labute approximate surface area is 171 Å². The highest BCUT2D eigenvalue weighted by Gasteiger charge is 2.31. The third-order valence-electron chi connectivity index (χ3n) is 5.10. The average molecular weight is 403 g/mol. The smallest absolute Gasteiger partial charge is 0.0983 e. The van der Waals surface area contributed by atoms with Crippen molar-refractivity contribution in [1.29, 1.82) is 0 Å². The van der Waals surface area contributed by atoms with Gasteiger partial charge in [-0.15, -0.1) is 12.4 Å². The lowest BCUT2D eigenvalue weighted by molar-refractivity contribution is 0.324. The van der Waals surface area contributed by atoms with Crippen LogP contribution in [0.2, 0.25) is 5.02 Å². The van der Waals surface area contributed by atoms with Crippen LogP contribution in [-0.4, -0.2) is 33.8 Å². The molecule has 0 unspecified atom stereocenters. The van der Waals surface area contributed by atoms with Crippen molar-refractivity contribution in [2.75, 3.05) is 13.1 Å². The molecule has 2 heterocycles. The summed E-state index contributed by atoms with van der Waals surface area (Å²) in [6, 6.07) is 18.6. The fraction of sp³-hybridized carbons (Fsp3) is 0.286. The van der Waals surface area contributed by atoms with Gasteiger partial charge in [0.2, 0.25) is 0 Å². The van der Waals surface area contributed by atoms with Crippen LogP contribution in [-0.2, 0) is 13.6 Å². The summed E-state index contributed by atoms with van der Waals surface area (Å²) in [5.74, 6) is 0.372. The van der Waals surface area contributed by atoms with E-state index in [2.05, 4.69) is 40.5 Å². The average Bonchev–Trinajstić information content (AvgIpc) is 3.18. The van der Waals surface area contributed by atoms with Crippen molar-refractivity contribution in [3.05, 3.63) is 76.9 Å². The van der Waals surface area contributed by atoms with Crippen LogP contribution in [0.1, 0.15) is 17.0 Å². The fourth-order valence-electron chi connectivity index (χ4n) is 3.87. The highest BCUT2D eigenvalue weighted by Crippen LogP contribution is 2.32. The molecule has 0 aliphatic carbocycles. The molecule has 4 nitrogen and oxygen atoms in total. The molecule has 0 saturated carbocycles. The molecular formula is C21H24Cl2N4. The normalized spacial score (nSPS) is 19.8. The second kappa shape index (κ2) is 8.44. The summed E-state index contributed by atoms with van der Waals surface area (Å²) in [5, 5.41) is 5.38. The van der Waals surface area contributed by atoms with Crippen LogP contribution in [0.3, 0.4) is 0 Å². The molecule has 0 bridgehead atoms. The highest BCUT2D eigenvalue weighted by atomic mass is 35.5. The van der Waals surface area contributed by atoms with Gasteiger partial charge in [-0.3, -0.25) is 9.58 Å². The van der Waals surface area contributed by atoms with Gasteiger partial charge in [-0.25, -0.2) is 0 Å². The van der Waals surface area contributed by atoms with Crippen LogP contribution in [0.4, 0.5) is 0 Å². The summed E-state index contributed by atoms with van der Waals surface area (Å²) < 4.78 is 1.86. The van der Waals surface area contributed by atoms with Gasteiger partial charge in [0, 0.05) is 56.0 Å². The van der Waals surface area contributed by atoms with E-state index >= 15 is 0 Å². The molecule has 0 amide bonds. The van der Waals surface area contributed by atoms with Crippen molar-refractivity contribution in [1.82, 2.24) is 14.7 Å². The van der Waals surface area contributed by atoms with E-state index in [9.17, 15) is 0 Å². The zero-order valence-electron chi connectivity index (χ0n) is 15.3. The zero-order valence-corrected chi connectivity index (χ0v) is 16.8. The van der Waals surface area contributed by atoms with Crippen molar-refractivity contribution >= 4 is 24.0 Å². The molecule has 2 aromatic carbocycles. The van der Waals surface area contributed by atoms with Crippen LogP contribution < -0.4 is 5.73 Å². The van der Waals surface area contributed by atoms with Crippen molar-refractivity contribution in [3.8, 4) is 11.3 Å². The summed E-state index contributed by atoms with van der Waals surface area (Å²) in [6.45, 7) is 2.67. The molecule has 0 radical (unpaired) electrons. The fourth-order valence-corrected chi connectivity index (χ4v) is 4.09. The summed E-state index contributed by atoms with van der Waals surface area (Å²) in [4.78, 5) is 2.42. The third-order valence-corrected chi connectivity index (χ3v) is 5.43. The van der Waals surface area contributed by atoms with E-state index in [1.54, 1.807) is 0 Å².